The molecule has 2 aliphatic heterocycles. The molecule has 0 aliphatic carbocycles. The first-order valence-electron chi connectivity index (χ1n) is 10.6. The van der Waals surface area contributed by atoms with Gasteiger partial charge in [0.25, 0.3) is 11.8 Å². The van der Waals surface area contributed by atoms with Crippen LogP contribution >= 0.6 is 11.6 Å². The monoisotopic (exact) mass is 541 g/mol. The van der Waals surface area contributed by atoms with Gasteiger partial charge in [0.1, 0.15) is 17.7 Å². The van der Waals surface area contributed by atoms with Crippen LogP contribution in [0.4, 0.5) is 27.8 Å². The smallest absolute Gasteiger partial charge is 0.349 e. The van der Waals surface area contributed by atoms with Gasteiger partial charge in [0.2, 0.25) is 11.7 Å². The molecule has 0 spiro atoms. The molecule has 2 aliphatic rings. The number of nitrogens with one attached hydrogen (secondary N) is 2. The summed E-state index contributed by atoms with van der Waals surface area (Å²) >= 11 is 5.44. The number of alkyl halides is 3. The molecule has 0 radical (unpaired) electrons. The molecule has 194 valence electrons. The number of rotatable bonds is 2. The third kappa shape index (κ3) is 5.40. The Balaban J connectivity index is 0.000000342. The summed E-state index contributed by atoms with van der Waals surface area (Å²) < 4.78 is 65.7. The molecule has 37 heavy (non-hydrogen) atoms. The molecule has 1 unspecified atom stereocenters. The summed E-state index contributed by atoms with van der Waals surface area (Å²) in [5.41, 5.74) is -1.54. The summed E-state index contributed by atoms with van der Waals surface area (Å²) in [5, 5.41) is 5.50. The fraction of sp³-hybridized carbons (Fsp3) is 0.217. The lowest BCUT2D eigenvalue weighted by Crippen LogP contribution is -2.50. The van der Waals surface area contributed by atoms with Gasteiger partial charge >= 0.3 is 6.18 Å². The van der Waals surface area contributed by atoms with E-state index < -0.39 is 41.0 Å². The third-order valence-electron chi connectivity index (χ3n) is 5.56. The van der Waals surface area contributed by atoms with Crippen molar-refractivity contribution in [2.45, 2.75) is 18.8 Å². The number of benzene rings is 2. The molecule has 1 atom stereocenters. The second-order valence-corrected chi connectivity index (χ2v) is 8.57. The fourth-order valence-electron chi connectivity index (χ4n) is 3.80. The Hall–Kier alpha value is -4.00. The maximum atomic E-state index is 13.6. The van der Waals surface area contributed by atoms with Crippen LogP contribution in [0.25, 0.3) is 0 Å². The van der Waals surface area contributed by atoms with Crippen molar-refractivity contribution in [2.75, 3.05) is 18.9 Å². The molecule has 3 heterocycles. The molecule has 0 fully saturated rings. The van der Waals surface area contributed by atoms with Gasteiger partial charge in [-0.1, -0.05) is 11.6 Å². The van der Waals surface area contributed by atoms with Crippen LogP contribution in [0, 0.1) is 11.6 Å². The molecule has 5 rings (SSSR count). The van der Waals surface area contributed by atoms with Crippen molar-refractivity contribution in [1.82, 2.24) is 19.8 Å². The summed E-state index contributed by atoms with van der Waals surface area (Å²) in [6, 6.07) is 6.39. The number of carbonyl (C=O) groups excluding carboxylic acids is 3. The Morgan fingerprint density at radius 3 is 2.41 bits per heavy atom. The van der Waals surface area contributed by atoms with Gasteiger partial charge in [-0.3, -0.25) is 14.4 Å². The first-order chi connectivity index (χ1) is 17.3. The Bertz CT molecular complexity index is 1370. The number of hydrogen-bond donors (Lipinski definition) is 2. The number of halogens is 6. The van der Waals surface area contributed by atoms with Crippen LogP contribution in [-0.2, 0) is 17.5 Å². The zero-order valence-corrected chi connectivity index (χ0v) is 19.6. The fourth-order valence-corrected chi connectivity index (χ4v) is 3.92. The van der Waals surface area contributed by atoms with E-state index in [1.165, 1.54) is 40.8 Å². The predicted molar refractivity (Wildman–Crippen MR) is 121 cm³/mol. The van der Waals surface area contributed by atoms with E-state index in [0.29, 0.717) is 22.8 Å². The van der Waals surface area contributed by atoms with Crippen molar-refractivity contribution >= 4 is 35.1 Å². The molecule has 0 bridgehead atoms. The molecule has 2 aromatic carbocycles. The quantitative estimate of drug-likeness (QED) is 0.479. The molecule has 0 saturated heterocycles. The highest BCUT2D eigenvalue weighted by Crippen LogP contribution is 2.32. The minimum atomic E-state index is -4.83. The number of amides is 3. The van der Waals surface area contributed by atoms with Crippen molar-refractivity contribution in [3.63, 3.8) is 0 Å². The van der Waals surface area contributed by atoms with Crippen molar-refractivity contribution in [3.05, 3.63) is 81.8 Å². The van der Waals surface area contributed by atoms with Gasteiger partial charge in [0.05, 0.1) is 24.3 Å². The average molecular weight is 542 g/mol. The SMILES string of the molecule is CN1CC2C(=O)NCc3c(NC(=O)c4cc(F)cc(C(F)(F)F)c4)nc(n32)C1=O.Fc1ccc(Cl)cc1. The largest absolute Gasteiger partial charge is 0.416 e. The van der Waals surface area contributed by atoms with E-state index in [2.05, 4.69) is 15.6 Å². The molecule has 3 amide bonds. The Morgan fingerprint density at radius 1 is 1.11 bits per heavy atom. The number of nitrogens with zero attached hydrogens (tertiary/aromatic N) is 3. The number of anilines is 1. The minimum Gasteiger partial charge on any atom is -0.349 e. The number of carbonyl (C=O) groups is 3. The maximum Gasteiger partial charge on any atom is 0.416 e. The van der Waals surface area contributed by atoms with Gasteiger partial charge in [0, 0.05) is 17.6 Å². The van der Waals surface area contributed by atoms with Crippen LogP contribution in [0.15, 0.2) is 42.5 Å². The standard InChI is InChI=1S/C17H13F4N5O3.C6H4ClF/c1-25-6-11-15(28)22-5-10-12(23-13(16(25)29)26(10)11)24-14(27)7-2-8(17(19,20)21)4-9(18)3-7;7-5-1-3-6(8)4-2-5/h2-4,11H,5-6H2,1H3,(H,22,28)(H,24,27);1-4H. The van der Waals surface area contributed by atoms with Crippen molar-refractivity contribution in [2.24, 2.45) is 0 Å². The van der Waals surface area contributed by atoms with Crippen LogP contribution < -0.4 is 10.6 Å². The molecular formula is C23H17ClF5N5O3. The number of likely N-dealkylation sites (N-methyl/N-ethyl adjacent to an activating group) is 1. The Labute approximate surface area is 211 Å². The van der Waals surface area contributed by atoms with Gasteiger partial charge in [-0.25, -0.2) is 13.8 Å². The lowest BCUT2D eigenvalue weighted by atomic mass is 10.1. The van der Waals surface area contributed by atoms with E-state index in [9.17, 15) is 36.3 Å². The van der Waals surface area contributed by atoms with Crippen LogP contribution in [0.5, 0.6) is 0 Å². The van der Waals surface area contributed by atoms with Crippen molar-refractivity contribution in [1.29, 1.82) is 0 Å². The normalized spacial score (nSPS) is 16.4. The van der Waals surface area contributed by atoms with Crippen LogP contribution in [0.3, 0.4) is 0 Å². The van der Waals surface area contributed by atoms with E-state index in [4.69, 9.17) is 11.6 Å². The highest BCUT2D eigenvalue weighted by atomic mass is 35.5. The second kappa shape index (κ2) is 9.81. The van der Waals surface area contributed by atoms with Crippen molar-refractivity contribution in [3.8, 4) is 0 Å². The average Bonchev–Trinajstić information content (AvgIpc) is 3.19. The molecule has 1 aromatic heterocycles. The molecule has 0 saturated carbocycles. The minimum absolute atomic E-state index is 0.0358. The van der Waals surface area contributed by atoms with Gasteiger partial charge in [-0.2, -0.15) is 13.2 Å². The third-order valence-corrected chi connectivity index (χ3v) is 5.81. The topological polar surface area (TPSA) is 96.3 Å². The lowest BCUT2D eigenvalue weighted by molar-refractivity contribution is -0.137. The zero-order chi connectivity index (χ0) is 27.1. The number of hydrogen-bond acceptors (Lipinski definition) is 4. The first kappa shape index (κ1) is 26.1. The van der Waals surface area contributed by atoms with E-state index in [0.717, 1.165) is 0 Å². The van der Waals surface area contributed by atoms with Crippen LogP contribution in [0.1, 0.15) is 38.3 Å². The molecule has 14 heteroatoms. The predicted octanol–water partition coefficient (Wildman–Crippen LogP) is 4.03. The molecular weight excluding hydrogens is 525 g/mol. The van der Waals surface area contributed by atoms with Gasteiger partial charge in [-0.05, 0) is 42.5 Å². The maximum absolute atomic E-state index is 13.6. The number of aromatic nitrogens is 2. The van der Waals surface area contributed by atoms with Gasteiger partial charge in [-0.15, -0.1) is 0 Å². The number of imidazole rings is 1. The highest BCUT2D eigenvalue weighted by molar-refractivity contribution is 6.30. The second-order valence-electron chi connectivity index (χ2n) is 8.14. The van der Waals surface area contributed by atoms with Crippen molar-refractivity contribution < 1.29 is 36.3 Å². The highest BCUT2D eigenvalue weighted by Gasteiger charge is 2.41. The summed E-state index contributed by atoms with van der Waals surface area (Å²) in [6.45, 7) is 0.0686. The Morgan fingerprint density at radius 2 is 1.78 bits per heavy atom. The summed E-state index contributed by atoms with van der Waals surface area (Å²) in [4.78, 5) is 42.3. The van der Waals surface area contributed by atoms with Gasteiger partial charge in [0.15, 0.2) is 5.82 Å². The molecule has 2 N–H and O–H groups in total. The van der Waals surface area contributed by atoms with E-state index in [1.807, 2.05) is 0 Å². The van der Waals surface area contributed by atoms with E-state index in [-0.39, 0.29) is 42.5 Å². The molecule has 8 nitrogen and oxygen atoms in total. The first-order valence-corrected chi connectivity index (χ1v) is 11.0. The van der Waals surface area contributed by atoms with E-state index >= 15 is 0 Å². The lowest BCUT2D eigenvalue weighted by Gasteiger charge is -2.34. The molecule has 3 aromatic rings. The summed E-state index contributed by atoms with van der Waals surface area (Å²) in [5.74, 6) is -3.46. The van der Waals surface area contributed by atoms with Crippen LogP contribution in [-0.4, -0.2) is 45.8 Å². The summed E-state index contributed by atoms with van der Waals surface area (Å²) in [7, 11) is 1.49. The summed E-state index contributed by atoms with van der Waals surface area (Å²) in [6.07, 6.45) is -4.83. The Kier molecular flexibility index (Phi) is 6.91. The van der Waals surface area contributed by atoms with Gasteiger partial charge < -0.3 is 20.1 Å². The van der Waals surface area contributed by atoms with Crippen LogP contribution in [0.2, 0.25) is 5.02 Å². The zero-order valence-electron chi connectivity index (χ0n) is 18.9. The van der Waals surface area contributed by atoms with E-state index in [1.54, 1.807) is 0 Å².